The lowest BCUT2D eigenvalue weighted by Gasteiger charge is -2.28. The highest BCUT2D eigenvalue weighted by atomic mass is 32.2. The average molecular weight is 437 g/mol. The van der Waals surface area contributed by atoms with Crippen LogP contribution in [0.1, 0.15) is 18.6 Å². The molecule has 8 nitrogen and oxygen atoms in total. The van der Waals surface area contributed by atoms with Crippen molar-refractivity contribution in [2.45, 2.75) is 42.8 Å². The second-order valence-corrected chi connectivity index (χ2v) is 9.69. The molecule has 3 N–H and O–H groups in total. The maximum absolute atomic E-state index is 14.7. The molecular formula is C20H24FN3O5S. The second-order valence-electron chi connectivity index (χ2n) is 7.80. The zero-order valence-electron chi connectivity index (χ0n) is 16.5. The molecule has 3 heterocycles. The van der Waals surface area contributed by atoms with Crippen LogP contribution in [0, 0.1) is 12.7 Å². The second kappa shape index (κ2) is 7.77. The predicted molar refractivity (Wildman–Crippen MR) is 106 cm³/mol. The van der Waals surface area contributed by atoms with Gasteiger partial charge in [0, 0.05) is 25.7 Å². The Bertz CT molecular complexity index is 1070. The molecule has 0 spiro atoms. The average Bonchev–Trinajstić information content (AvgIpc) is 3.41. The molecule has 2 saturated heterocycles. The minimum atomic E-state index is -4.20. The third-order valence-electron chi connectivity index (χ3n) is 5.66. The lowest BCUT2D eigenvalue weighted by molar-refractivity contribution is -0.136. The highest BCUT2D eigenvalue weighted by molar-refractivity contribution is 7.89. The molecule has 2 fully saturated rings. The summed E-state index contributed by atoms with van der Waals surface area (Å²) in [6.07, 6.45) is -0.374. The maximum atomic E-state index is 14.7. The molecule has 1 aromatic carbocycles. The Hall–Kier alpha value is -2.27. The van der Waals surface area contributed by atoms with E-state index in [1.165, 1.54) is 17.0 Å². The number of furan rings is 1. The van der Waals surface area contributed by atoms with E-state index in [9.17, 15) is 22.7 Å². The molecule has 0 unspecified atom stereocenters. The summed E-state index contributed by atoms with van der Waals surface area (Å²) < 4.78 is 47.5. The Balaban J connectivity index is 1.63. The van der Waals surface area contributed by atoms with Crippen molar-refractivity contribution in [1.82, 2.24) is 9.21 Å². The topological polar surface area (TPSA) is 117 Å². The van der Waals surface area contributed by atoms with Crippen LogP contribution >= 0.6 is 0 Å². The Kier molecular flexibility index (Phi) is 5.43. The molecule has 3 atom stereocenters. The normalized spacial score (nSPS) is 25.2. The number of carbonyl (C=O) groups excluding carboxylic acids is 1. The highest BCUT2D eigenvalue weighted by Crippen LogP contribution is 2.31. The first-order valence-corrected chi connectivity index (χ1v) is 11.2. The molecule has 10 heteroatoms. The third kappa shape index (κ3) is 3.64. The van der Waals surface area contributed by atoms with Crippen molar-refractivity contribution in [1.29, 1.82) is 0 Å². The number of rotatable bonds is 4. The van der Waals surface area contributed by atoms with E-state index in [0.717, 1.165) is 10.4 Å². The van der Waals surface area contributed by atoms with Crippen LogP contribution in [-0.2, 0) is 14.8 Å². The van der Waals surface area contributed by atoms with Gasteiger partial charge in [0.05, 0.1) is 16.6 Å². The summed E-state index contributed by atoms with van der Waals surface area (Å²) in [7, 11) is -4.20. The van der Waals surface area contributed by atoms with Gasteiger partial charge >= 0.3 is 0 Å². The van der Waals surface area contributed by atoms with Gasteiger partial charge in [-0.2, -0.15) is 4.31 Å². The largest absolute Gasteiger partial charge is 0.461 e. The molecule has 30 heavy (non-hydrogen) atoms. The summed E-state index contributed by atoms with van der Waals surface area (Å²) in [6, 6.07) is 5.42. The molecular weight excluding hydrogens is 413 g/mol. The summed E-state index contributed by atoms with van der Waals surface area (Å²) >= 11 is 0. The molecule has 0 saturated carbocycles. The number of halogens is 1. The van der Waals surface area contributed by atoms with Crippen LogP contribution in [0.3, 0.4) is 0 Å². The van der Waals surface area contributed by atoms with E-state index in [0.29, 0.717) is 31.0 Å². The first kappa shape index (κ1) is 21.0. The number of nitrogens with zero attached hydrogens (tertiary/aromatic N) is 2. The standard InChI is InChI=1S/C20H24FN3O5S/c1-12-2-5-18(29-12)15-4-3-14(10-16(15)21)30(27,28)24-9-7-17(25)19(24)20(26)23-8-6-13(22)11-23/h2-5,10,13,17,19,25H,6-9,11,22H2,1H3/t13-,17+,19+/m1/s1. The summed E-state index contributed by atoms with van der Waals surface area (Å²) in [5.41, 5.74) is 5.99. The van der Waals surface area contributed by atoms with Crippen molar-refractivity contribution >= 4 is 15.9 Å². The molecule has 0 bridgehead atoms. The zero-order chi connectivity index (χ0) is 21.6. The van der Waals surface area contributed by atoms with Gasteiger partial charge in [0.15, 0.2) is 0 Å². The zero-order valence-corrected chi connectivity index (χ0v) is 17.3. The van der Waals surface area contributed by atoms with Gasteiger partial charge in [0.1, 0.15) is 23.4 Å². The van der Waals surface area contributed by atoms with E-state index in [1.807, 2.05) is 0 Å². The van der Waals surface area contributed by atoms with Crippen molar-refractivity contribution in [3.8, 4) is 11.3 Å². The molecule has 1 amide bonds. The minimum absolute atomic E-state index is 0.0272. The van der Waals surface area contributed by atoms with Gasteiger partial charge in [-0.15, -0.1) is 0 Å². The van der Waals surface area contributed by atoms with Crippen LogP contribution in [0.2, 0.25) is 0 Å². The van der Waals surface area contributed by atoms with Crippen molar-refractivity contribution in [3.63, 3.8) is 0 Å². The Labute approximate surface area is 174 Å². The van der Waals surface area contributed by atoms with E-state index in [1.54, 1.807) is 19.1 Å². The molecule has 2 aliphatic rings. The number of aliphatic hydroxyl groups is 1. The van der Waals surface area contributed by atoms with Gasteiger partial charge in [-0.05, 0) is 50.1 Å². The number of hydrogen-bond donors (Lipinski definition) is 2. The van der Waals surface area contributed by atoms with Crippen LogP contribution in [0.25, 0.3) is 11.3 Å². The molecule has 2 aromatic rings. The number of amides is 1. The fourth-order valence-electron chi connectivity index (χ4n) is 4.05. The maximum Gasteiger partial charge on any atom is 0.243 e. The quantitative estimate of drug-likeness (QED) is 0.739. The SMILES string of the molecule is Cc1ccc(-c2ccc(S(=O)(=O)N3CC[C@H](O)[C@H]3C(=O)N3CC[C@@H](N)C3)cc2F)o1. The van der Waals surface area contributed by atoms with Crippen LogP contribution < -0.4 is 5.73 Å². The third-order valence-corrected chi connectivity index (χ3v) is 7.54. The number of likely N-dealkylation sites (tertiary alicyclic amines) is 1. The van der Waals surface area contributed by atoms with E-state index in [4.69, 9.17) is 10.2 Å². The Morgan fingerprint density at radius 2 is 2.00 bits per heavy atom. The molecule has 0 aliphatic carbocycles. The summed E-state index contributed by atoms with van der Waals surface area (Å²) in [6.45, 7) is 2.44. The van der Waals surface area contributed by atoms with Gasteiger partial charge in [-0.3, -0.25) is 4.79 Å². The van der Waals surface area contributed by atoms with Crippen molar-refractivity contribution in [2.75, 3.05) is 19.6 Å². The van der Waals surface area contributed by atoms with Crippen LogP contribution in [0.15, 0.2) is 39.6 Å². The van der Waals surface area contributed by atoms with Crippen LogP contribution in [0.5, 0.6) is 0 Å². The molecule has 4 rings (SSSR count). The number of aliphatic hydroxyl groups excluding tert-OH is 1. The Morgan fingerprint density at radius 1 is 1.23 bits per heavy atom. The van der Waals surface area contributed by atoms with Gasteiger partial charge in [0.25, 0.3) is 0 Å². The van der Waals surface area contributed by atoms with Gasteiger partial charge in [0.2, 0.25) is 15.9 Å². The smallest absolute Gasteiger partial charge is 0.243 e. The fraction of sp³-hybridized carbons (Fsp3) is 0.450. The number of sulfonamides is 1. The molecule has 0 radical (unpaired) electrons. The predicted octanol–water partition coefficient (Wildman–Crippen LogP) is 1.08. The van der Waals surface area contributed by atoms with Crippen LogP contribution in [-0.4, -0.2) is 66.5 Å². The monoisotopic (exact) mass is 437 g/mol. The first-order valence-electron chi connectivity index (χ1n) is 9.79. The molecule has 2 aliphatic heterocycles. The first-order chi connectivity index (χ1) is 14.2. The number of nitrogens with two attached hydrogens (primary N) is 1. The lowest BCUT2D eigenvalue weighted by atomic mass is 10.1. The summed E-state index contributed by atoms with van der Waals surface area (Å²) in [4.78, 5) is 14.1. The number of hydrogen-bond acceptors (Lipinski definition) is 6. The summed E-state index contributed by atoms with van der Waals surface area (Å²) in [5, 5.41) is 10.3. The molecule has 162 valence electrons. The number of carbonyl (C=O) groups is 1. The molecule has 1 aromatic heterocycles. The van der Waals surface area contributed by atoms with Crippen LogP contribution in [0.4, 0.5) is 4.39 Å². The highest BCUT2D eigenvalue weighted by Gasteiger charge is 2.47. The Morgan fingerprint density at radius 3 is 2.60 bits per heavy atom. The van der Waals surface area contributed by atoms with Crippen molar-refractivity contribution < 1.29 is 27.1 Å². The lowest BCUT2D eigenvalue weighted by Crippen LogP contribution is -2.51. The van der Waals surface area contributed by atoms with E-state index < -0.39 is 33.9 Å². The van der Waals surface area contributed by atoms with Gasteiger partial charge in [-0.25, -0.2) is 12.8 Å². The van der Waals surface area contributed by atoms with Crippen molar-refractivity contribution in [3.05, 3.63) is 41.9 Å². The summed E-state index contributed by atoms with van der Waals surface area (Å²) in [5.74, 6) is -0.322. The van der Waals surface area contributed by atoms with Gasteiger partial charge < -0.3 is 20.2 Å². The van der Waals surface area contributed by atoms with Gasteiger partial charge in [-0.1, -0.05) is 0 Å². The fourth-order valence-corrected chi connectivity index (χ4v) is 5.69. The number of aryl methyl sites for hydroxylation is 1. The van der Waals surface area contributed by atoms with E-state index in [2.05, 4.69) is 0 Å². The van der Waals surface area contributed by atoms with E-state index in [-0.39, 0.29) is 29.5 Å². The minimum Gasteiger partial charge on any atom is -0.461 e. The van der Waals surface area contributed by atoms with E-state index >= 15 is 0 Å². The number of benzene rings is 1. The van der Waals surface area contributed by atoms with Crippen molar-refractivity contribution in [2.24, 2.45) is 5.73 Å².